The molecule has 1 unspecified atom stereocenters. The van der Waals surface area contributed by atoms with Crippen LogP contribution in [0.5, 0.6) is 69.0 Å². The molecule has 2 heterocycles. The van der Waals surface area contributed by atoms with Crippen LogP contribution in [-0.4, -0.2) is 74.3 Å². The lowest BCUT2D eigenvalue weighted by atomic mass is 9.90. The van der Waals surface area contributed by atoms with Gasteiger partial charge in [0.15, 0.2) is 46.7 Å². The number of hydrogen-bond donors (Lipinski definition) is 11. The number of aliphatic hydroxyl groups is 1. The molecule has 16 nitrogen and oxygen atoms in total. The van der Waals surface area contributed by atoms with Crippen LogP contribution in [0.1, 0.15) is 44.8 Å². The van der Waals surface area contributed by atoms with Gasteiger partial charge in [-0.2, -0.15) is 0 Å². The normalized spacial score (nSPS) is 19.2. The van der Waals surface area contributed by atoms with Crippen molar-refractivity contribution in [1.82, 2.24) is 0 Å². The number of carbonyl (C=O) groups excluding carboxylic acids is 1. The van der Waals surface area contributed by atoms with Gasteiger partial charge >= 0.3 is 5.97 Å². The number of phenolic OH excluding ortho intramolecular Hbond substituents is 9. The van der Waals surface area contributed by atoms with Crippen molar-refractivity contribution in [2.45, 2.75) is 37.3 Å². The summed E-state index contributed by atoms with van der Waals surface area (Å²) >= 11 is 0. The van der Waals surface area contributed by atoms with Gasteiger partial charge in [-0.3, -0.25) is 4.79 Å². The second-order valence-electron chi connectivity index (χ2n) is 12.4. The molecule has 5 aromatic carbocycles. The average molecular weight is 717 g/mol. The number of hydrogen-bond acceptors (Lipinski definition) is 16. The van der Waals surface area contributed by atoms with E-state index in [4.69, 9.17) is 14.2 Å². The molecule has 2 aliphatic rings. The quantitative estimate of drug-likeness (QED) is 0.0940. The highest BCUT2D eigenvalue weighted by Crippen LogP contribution is 2.48. The molecule has 5 aromatic rings. The molecule has 0 bridgehead atoms. The van der Waals surface area contributed by atoms with E-state index in [1.807, 2.05) is 0 Å². The standard InChI is InChI=1S/C36H28O16/c37-14-5-20(39)18-10-26(45)35(51-27(18)7-14)17-9-25(44)33(48)30-16(17)1-12(2-24(43)32(30)47)34-29(11-19-21(40)6-15(38)8-28(19)50-34)52-36(49)13-3-22(41)31(46)23(42)4-13/h1-9,26,29,34-35,37-42,44-46,48H,10-11H2,(H,43,47)/t26-,29-,34?,35-/m1/s1. The molecule has 7 rings (SSSR count). The van der Waals surface area contributed by atoms with Crippen LogP contribution >= 0.6 is 0 Å². The Bertz CT molecular complexity index is 2370. The van der Waals surface area contributed by atoms with Crippen molar-refractivity contribution in [3.05, 3.63) is 92.6 Å². The van der Waals surface area contributed by atoms with Crippen molar-refractivity contribution in [3.8, 4) is 69.0 Å². The summed E-state index contributed by atoms with van der Waals surface area (Å²) in [4.78, 5) is 27.0. The lowest BCUT2D eigenvalue weighted by molar-refractivity contribution is -0.0188. The third-order valence-electron chi connectivity index (χ3n) is 8.98. The maximum atomic E-state index is 13.6. The Balaban J connectivity index is 1.41. The predicted octanol–water partition coefficient (Wildman–Crippen LogP) is 3.19. The zero-order chi connectivity index (χ0) is 37.3. The average Bonchev–Trinajstić information content (AvgIpc) is 3.20. The Morgan fingerprint density at radius 3 is 1.79 bits per heavy atom. The minimum atomic E-state index is -1.48. The fourth-order valence-electron chi connectivity index (χ4n) is 6.53. The number of benzene rings is 4. The monoisotopic (exact) mass is 716 g/mol. The van der Waals surface area contributed by atoms with E-state index >= 15 is 0 Å². The highest BCUT2D eigenvalue weighted by molar-refractivity contribution is 5.94. The molecule has 0 fully saturated rings. The van der Waals surface area contributed by atoms with E-state index in [0.29, 0.717) is 0 Å². The molecule has 11 N–H and O–H groups in total. The molecule has 0 saturated carbocycles. The fourth-order valence-corrected chi connectivity index (χ4v) is 6.53. The van der Waals surface area contributed by atoms with Crippen LogP contribution in [0, 0.1) is 0 Å². The van der Waals surface area contributed by atoms with Crippen molar-refractivity contribution in [2.24, 2.45) is 0 Å². The molecule has 0 amide bonds. The van der Waals surface area contributed by atoms with Gasteiger partial charge in [-0.15, -0.1) is 0 Å². The van der Waals surface area contributed by atoms with E-state index in [-0.39, 0.29) is 63.5 Å². The first-order valence-corrected chi connectivity index (χ1v) is 15.4. The Morgan fingerprint density at radius 2 is 1.17 bits per heavy atom. The van der Waals surface area contributed by atoms with E-state index in [1.54, 1.807) is 0 Å². The molecule has 268 valence electrons. The van der Waals surface area contributed by atoms with Gasteiger partial charge < -0.3 is 70.4 Å². The van der Waals surface area contributed by atoms with Gasteiger partial charge in [0.05, 0.1) is 17.1 Å². The minimum absolute atomic E-state index is 0.0376. The number of fused-ring (bicyclic) bond motifs is 3. The molecule has 16 heteroatoms. The molecular weight excluding hydrogens is 688 g/mol. The lowest BCUT2D eigenvalue weighted by Gasteiger charge is -2.34. The number of carbonyl (C=O) groups is 1. The molecule has 52 heavy (non-hydrogen) atoms. The number of aromatic hydroxyl groups is 10. The van der Waals surface area contributed by atoms with Crippen LogP contribution < -0.4 is 14.9 Å². The van der Waals surface area contributed by atoms with Crippen LogP contribution in [0.25, 0.3) is 10.8 Å². The maximum Gasteiger partial charge on any atom is 0.338 e. The summed E-state index contributed by atoms with van der Waals surface area (Å²) in [5, 5.41) is 114. The Labute approximate surface area is 290 Å². The summed E-state index contributed by atoms with van der Waals surface area (Å²) in [5.41, 5.74) is -1.58. The van der Waals surface area contributed by atoms with E-state index in [2.05, 4.69) is 0 Å². The first-order valence-electron chi connectivity index (χ1n) is 15.4. The van der Waals surface area contributed by atoms with Crippen molar-refractivity contribution < 1.29 is 75.2 Å². The number of ether oxygens (including phenoxy) is 3. The van der Waals surface area contributed by atoms with Crippen molar-refractivity contribution >= 4 is 16.7 Å². The topological polar surface area (TPSA) is 284 Å². The first kappa shape index (κ1) is 33.6. The number of phenols is 9. The molecule has 0 aromatic heterocycles. The highest BCUT2D eigenvalue weighted by Gasteiger charge is 2.39. The molecule has 2 aliphatic heterocycles. The summed E-state index contributed by atoms with van der Waals surface area (Å²) in [7, 11) is 0. The third kappa shape index (κ3) is 5.56. The molecule has 0 saturated heterocycles. The Morgan fingerprint density at radius 1 is 0.615 bits per heavy atom. The number of rotatable bonds is 4. The van der Waals surface area contributed by atoms with Crippen LogP contribution in [0.4, 0.5) is 0 Å². The molecule has 0 radical (unpaired) electrons. The number of aliphatic hydroxyl groups excluding tert-OH is 1. The predicted molar refractivity (Wildman–Crippen MR) is 176 cm³/mol. The number of esters is 1. The fraction of sp³-hybridized carbons (Fsp3) is 0.167. The Kier molecular flexibility index (Phi) is 7.83. The summed E-state index contributed by atoms with van der Waals surface area (Å²) in [5.74, 6) is -8.17. The van der Waals surface area contributed by atoms with Crippen molar-refractivity contribution in [1.29, 1.82) is 0 Å². The van der Waals surface area contributed by atoms with E-state index < -0.39 is 92.8 Å². The van der Waals surface area contributed by atoms with Gasteiger partial charge in [0, 0.05) is 59.4 Å². The third-order valence-corrected chi connectivity index (χ3v) is 8.98. The zero-order valence-corrected chi connectivity index (χ0v) is 26.4. The van der Waals surface area contributed by atoms with Gasteiger partial charge in [-0.1, -0.05) is 0 Å². The second kappa shape index (κ2) is 12.1. The van der Waals surface area contributed by atoms with Crippen LogP contribution in [0.3, 0.4) is 0 Å². The van der Waals surface area contributed by atoms with Crippen LogP contribution in [0.2, 0.25) is 0 Å². The van der Waals surface area contributed by atoms with Gasteiger partial charge in [-0.05, 0) is 35.7 Å². The van der Waals surface area contributed by atoms with E-state index in [9.17, 15) is 65.8 Å². The zero-order valence-electron chi connectivity index (χ0n) is 26.4. The minimum Gasteiger partial charge on any atom is -0.508 e. The maximum absolute atomic E-state index is 13.6. The smallest absolute Gasteiger partial charge is 0.338 e. The lowest BCUT2D eigenvalue weighted by Crippen LogP contribution is -2.34. The summed E-state index contributed by atoms with van der Waals surface area (Å²) in [6.45, 7) is 0. The summed E-state index contributed by atoms with van der Waals surface area (Å²) in [6.07, 6.45) is -6.28. The van der Waals surface area contributed by atoms with E-state index in [1.165, 1.54) is 12.1 Å². The summed E-state index contributed by atoms with van der Waals surface area (Å²) < 4.78 is 17.8. The Hall–Kier alpha value is -6.94. The second-order valence-corrected chi connectivity index (χ2v) is 12.4. The highest BCUT2D eigenvalue weighted by atomic mass is 16.6. The van der Waals surface area contributed by atoms with Crippen LogP contribution in [0.15, 0.2) is 59.4 Å². The molecular formula is C36H28O16. The summed E-state index contributed by atoms with van der Waals surface area (Å²) in [6, 6.07) is 9.20. The van der Waals surface area contributed by atoms with Crippen LogP contribution in [-0.2, 0) is 17.6 Å². The van der Waals surface area contributed by atoms with Crippen molar-refractivity contribution in [2.75, 3.05) is 0 Å². The SMILES string of the molecule is O=C(O[C@@H]1Cc2c(O)cc(O)cc2OC1c1cc(O)c(=O)c2c(O)c(O)cc([C@H]3Oc4cc(O)cc(O)c4C[C@H]3O)c2c1)c1cc(O)c(O)c(O)c1. The van der Waals surface area contributed by atoms with Gasteiger partial charge in [-0.25, -0.2) is 4.79 Å². The largest absolute Gasteiger partial charge is 0.508 e. The van der Waals surface area contributed by atoms with Crippen molar-refractivity contribution in [3.63, 3.8) is 0 Å². The first-order chi connectivity index (χ1) is 24.6. The molecule has 0 spiro atoms. The molecule has 0 aliphatic carbocycles. The van der Waals surface area contributed by atoms with Gasteiger partial charge in [0.2, 0.25) is 5.43 Å². The van der Waals surface area contributed by atoms with Gasteiger partial charge in [0.25, 0.3) is 0 Å². The molecule has 4 atom stereocenters. The van der Waals surface area contributed by atoms with Gasteiger partial charge in [0.1, 0.15) is 40.6 Å². The van der Waals surface area contributed by atoms with E-state index in [0.717, 1.165) is 42.5 Å².